The van der Waals surface area contributed by atoms with Gasteiger partial charge in [-0.15, -0.1) is 0 Å². The number of amides is 2. The average Bonchev–Trinajstić information content (AvgIpc) is 3.50. The number of thiazole rings is 2. The van der Waals surface area contributed by atoms with Gasteiger partial charge in [-0.3, -0.25) is 9.59 Å². The Hall–Kier alpha value is -2.34. The van der Waals surface area contributed by atoms with Crippen molar-refractivity contribution in [2.24, 2.45) is 9.98 Å². The van der Waals surface area contributed by atoms with E-state index in [1.165, 1.54) is 22.7 Å². The zero-order valence-electron chi connectivity index (χ0n) is 23.9. The van der Waals surface area contributed by atoms with E-state index in [0.717, 1.165) is 59.0 Å². The van der Waals surface area contributed by atoms with Gasteiger partial charge in [0.05, 0.1) is 43.7 Å². The van der Waals surface area contributed by atoms with Crippen LogP contribution in [0.2, 0.25) is 10.0 Å². The molecule has 0 bridgehead atoms. The van der Waals surface area contributed by atoms with E-state index >= 15 is 0 Å². The number of fused-ring (bicyclic) bond motifs is 2. The molecule has 2 aromatic carbocycles. The molecule has 0 N–H and O–H groups in total. The summed E-state index contributed by atoms with van der Waals surface area (Å²) in [6.07, 6.45) is 6.31. The van der Waals surface area contributed by atoms with Crippen molar-refractivity contribution >= 4 is 78.1 Å². The third-order valence-corrected chi connectivity index (χ3v) is 9.51. The predicted molar refractivity (Wildman–Crippen MR) is 171 cm³/mol. The number of halogens is 2. The summed E-state index contributed by atoms with van der Waals surface area (Å²) in [5.41, 5.74) is 1.77. The van der Waals surface area contributed by atoms with Gasteiger partial charge in [-0.25, -0.2) is 0 Å². The molecule has 0 aliphatic rings. The summed E-state index contributed by atoms with van der Waals surface area (Å²) < 4.78 is 16.4. The molecule has 0 radical (unpaired) electrons. The summed E-state index contributed by atoms with van der Waals surface area (Å²) in [7, 11) is 3.29. The second kappa shape index (κ2) is 16.5. The zero-order chi connectivity index (χ0) is 29.9. The van der Waals surface area contributed by atoms with Crippen molar-refractivity contribution in [2.75, 3.05) is 27.4 Å². The Labute approximate surface area is 263 Å². The standard InChI is InChI=1S/C30H36Cl2N4O4S2/c1-39-19-17-35-27-21(31)11-9-13-23(27)41-29(35)33-25(37)15-7-5-3-4-6-8-16-26(38)34-30-36(18-20-40-2)28-22(32)12-10-14-24(28)42-30/h9-14H,3-8,15-20H2,1-2H3. The van der Waals surface area contributed by atoms with Gasteiger partial charge in [0.25, 0.3) is 0 Å². The molecule has 2 aromatic heterocycles. The molecule has 4 aromatic rings. The molecule has 12 heteroatoms. The van der Waals surface area contributed by atoms with Crippen LogP contribution in [0.1, 0.15) is 51.4 Å². The summed E-state index contributed by atoms with van der Waals surface area (Å²) in [6.45, 7) is 2.17. The minimum Gasteiger partial charge on any atom is -0.383 e. The smallest absolute Gasteiger partial charge is 0.248 e. The van der Waals surface area contributed by atoms with Gasteiger partial charge in [-0.05, 0) is 37.1 Å². The monoisotopic (exact) mass is 650 g/mol. The minimum absolute atomic E-state index is 0.124. The summed E-state index contributed by atoms with van der Waals surface area (Å²) in [5, 5.41) is 1.28. The maximum Gasteiger partial charge on any atom is 0.248 e. The van der Waals surface area contributed by atoms with Gasteiger partial charge in [0.1, 0.15) is 0 Å². The molecule has 0 fully saturated rings. The van der Waals surface area contributed by atoms with Crippen molar-refractivity contribution in [1.82, 2.24) is 9.13 Å². The second-order valence-corrected chi connectivity index (χ2v) is 12.7. The topological polar surface area (TPSA) is 87.2 Å². The van der Waals surface area contributed by atoms with Crippen LogP contribution in [0.3, 0.4) is 0 Å². The molecule has 2 amide bonds. The first-order valence-corrected chi connectivity index (χ1v) is 16.5. The molecule has 2 heterocycles. The Morgan fingerprint density at radius 3 is 1.50 bits per heavy atom. The fourth-order valence-electron chi connectivity index (χ4n) is 4.71. The molecule has 0 saturated heterocycles. The van der Waals surface area contributed by atoms with Crippen LogP contribution < -0.4 is 9.60 Å². The number of aromatic nitrogens is 2. The summed E-state index contributed by atoms with van der Waals surface area (Å²) >= 11 is 15.8. The highest BCUT2D eigenvalue weighted by Crippen LogP contribution is 2.26. The molecule has 8 nitrogen and oxygen atoms in total. The molecule has 0 aliphatic heterocycles. The van der Waals surface area contributed by atoms with Crippen molar-refractivity contribution in [3.8, 4) is 0 Å². The highest BCUT2D eigenvalue weighted by atomic mass is 35.5. The third-order valence-electron chi connectivity index (χ3n) is 6.81. The molecule has 0 spiro atoms. The number of carbonyl (C=O) groups is 2. The largest absolute Gasteiger partial charge is 0.383 e. The Morgan fingerprint density at radius 1 is 0.690 bits per heavy atom. The average molecular weight is 652 g/mol. The maximum absolute atomic E-state index is 12.6. The maximum atomic E-state index is 12.6. The van der Waals surface area contributed by atoms with Crippen molar-refractivity contribution in [2.45, 2.75) is 64.5 Å². The molecule has 226 valence electrons. The van der Waals surface area contributed by atoms with Crippen LogP contribution in [0.25, 0.3) is 20.4 Å². The number of hydrogen-bond acceptors (Lipinski definition) is 6. The fourth-order valence-corrected chi connectivity index (χ4v) is 7.57. The highest BCUT2D eigenvalue weighted by molar-refractivity contribution is 7.16. The van der Waals surface area contributed by atoms with Gasteiger partial charge in [-0.2, -0.15) is 9.98 Å². The lowest BCUT2D eigenvalue weighted by molar-refractivity contribution is -0.119. The quantitative estimate of drug-likeness (QED) is 0.130. The number of benzene rings is 2. The molecular formula is C30H36Cl2N4O4S2. The van der Waals surface area contributed by atoms with E-state index in [1.807, 2.05) is 45.5 Å². The van der Waals surface area contributed by atoms with E-state index in [-0.39, 0.29) is 11.8 Å². The van der Waals surface area contributed by atoms with Crippen LogP contribution in [0.5, 0.6) is 0 Å². The first-order chi connectivity index (χ1) is 20.4. The Bertz CT molecular complexity index is 1530. The number of unbranched alkanes of at least 4 members (excludes halogenated alkanes) is 5. The van der Waals surface area contributed by atoms with Crippen molar-refractivity contribution in [1.29, 1.82) is 0 Å². The molecule has 0 saturated carbocycles. The molecular weight excluding hydrogens is 615 g/mol. The molecule has 0 atom stereocenters. The first-order valence-electron chi connectivity index (χ1n) is 14.1. The predicted octanol–water partition coefficient (Wildman–Crippen LogP) is 6.99. The number of methoxy groups -OCH3 is 2. The number of carbonyl (C=O) groups excluding carboxylic acids is 2. The fraction of sp³-hybridized carbons (Fsp3) is 0.467. The number of ether oxygens (including phenoxy) is 2. The van der Waals surface area contributed by atoms with Gasteiger partial charge in [0.15, 0.2) is 9.60 Å². The van der Waals surface area contributed by atoms with E-state index in [0.29, 0.717) is 58.8 Å². The highest BCUT2D eigenvalue weighted by Gasteiger charge is 2.12. The van der Waals surface area contributed by atoms with Crippen molar-refractivity contribution in [3.05, 3.63) is 56.0 Å². The van der Waals surface area contributed by atoms with Crippen molar-refractivity contribution < 1.29 is 19.1 Å². The van der Waals surface area contributed by atoms with Gasteiger partial charge in [0, 0.05) is 40.2 Å². The molecule has 0 aliphatic carbocycles. The van der Waals surface area contributed by atoms with Crippen LogP contribution in [-0.4, -0.2) is 48.4 Å². The SMILES string of the molecule is COCCn1c(=NC(=O)CCCCCCCCC(=O)N=c2sc3cccc(Cl)c3n2CCOC)sc2cccc(Cl)c21. The van der Waals surface area contributed by atoms with E-state index in [1.54, 1.807) is 14.2 Å². The lowest BCUT2D eigenvalue weighted by Crippen LogP contribution is -2.19. The summed E-state index contributed by atoms with van der Waals surface area (Å²) in [6, 6.07) is 11.5. The molecule has 0 unspecified atom stereocenters. The number of para-hydroxylation sites is 2. The molecule has 4 rings (SSSR count). The number of rotatable bonds is 15. The van der Waals surface area contributed by atoms with E-state index in [4.69, 9.17) is 32.7 Å². The van der Waals surface area contributed by atoms with Gasteiger partial charge in [-0.1, -0.05) is 83.7 Å². The number of nitrogens with zero attached hydrogens (tertiary/aromatic N) is 4. The normalized spacial score (nSPS) is 12.7. The Kier molecular flexibility index (Phi) is 12.8. The van der Waals surface area contributed by atoms with Gasteiger partial charge < -0.3 is 18.6 Å². The molecule has 42 heavy (non-hydrogen) atoms. The summed E-state index contributed by atoms with van der Waals surface area (Å²) in [4.78, 5) is 35.3. The third kappa shape index (κ3) is 8.61. The van der Waals surface area contributed by atoms with Crippen LogP contribution in [0.15, 0.2) is 46.4 Å². The number of hydrogen-bond donors (Lipinski definition) is 0. The lowest BCUT2D eigenvalue weighted by Gasteiger charge is -2.05. The van der Waals surface area contributed by atoms with Crippen LogP contribution in [-0.2, 0) is 32.2 Å². The van der Waals surface area contributed by atoms with Crippen LogP contribution in [0, 0.1) is 0 Å². The van der Waals surface area contributed by atoms with Crippen LogP contribution >= 0.6 is 45.9 Å². The lowest BCUT2D eigenvalue weighted by atomic mass is 10.1. The van der Waals surface area contributed by atoms with Gasteiger partial charge >= 0.3 is 0 Å². The minimum atomic E-state index is -0.124. The second-order valence-electron chi connectivity index (χ2n) is 9.86. The Balaban J connectivity index is 1.21. The first kappa shape index (κ1) is 32.6. The van der Waals surface area contributed by atoms with Crippen molar-refractivity contribution in [3.63, 3.8) is 0 Å². The summed E-state index contributed by atoms with van der Waals surface area (Å²) in [5.74, 6) is -0.248. The Morgan fingerprint density at radius 2 is 1.10 bits per heavy atom. The van der Waals surface area contributed by atoms with Crippen LogP contribution in [0.4, 0.5) is 0 Å². The zero-order valence-corrected chi connectivity index (χ0v) is 27.1. The van der Waals surface area contributed by atoms with E-state index in [2.05, 4.69) is 9.98 Å². The van der Waals surface area contributed by atoms with E-state index < -0.39 is 0 Å². The van der Waals surface area contributed by atoms with E-state index in [9.17, 15) is 9.59 Å². The van der Waals surface area contributed by atoms with Gasteiger partial charge in [0.2, 0.25) is 11.8 Å².